The number of rotatable bonds is 6. The molecule has 2 fully saturated rings. The van der Waals surface area contributed by atoms with Crippen molar-refractivity contribution in [2.24, 2.45) is 11.8 Å². The van der Waals surface area contributed by atoms with Gasteiger partial charge < -0.3 is 4.74 Å². The standard InChI is InChI=1S/C33H27BrN2O5/c1-19-6-8-21(9-7-19)30(37)18-41-33(40)27-17-29(35-28-15-12-22(34)16-26(27)28)20-10-13-23(14-11-20)36-31(38)24-4-2-3-5-25(24)32(36)39/h6-17,24-25H,2-5,18H2,1H3/t24-,25+. The Hall–Kier alpha value is -4.17. The molecule has 2 atom stereocenters. The minimum absolute atomic E-state index is 0.118. The van der Waals surface area contributed by atoms with E-state index in [-0.39, 0.29) is 41.6 Å². The third kappa shape index (κ3) is 5.20. The Kier molecular flexibility index (Phi) is 7.26. The molecule has 0 radical (unpaired) electrons. The van der Waals surface area contributed by atoms with Crippen LogP contribution in [0.5, 0.6) is 0 Å². The SMILES string of the molecule is Cc1ccc(C(=O)COC(=O)c2cc(-c3ccc(N4C(=O)[C@H]5CCCC[C@H]5C4=O)cc3)nc3ccc(Br)cc23)cc1. The highest BCUT2D eigenvalue weighted by Crippen LogP contribution is 2.40. The van der Waals surface area contributed by atoms with Crippen molar-refractivity contribution in [3.05, 3.63) is 94.0 Å². The lowest BCUT2D eigenvalue weighted by atomic mass is 9.81. The van der Waals surface area contributed by atoms with Crippen LogP contribution in [0.25, 0.3) is 22.2 Å². The molecule has 2 aliphatic rings. The first-order valence-electron chi connectivity index (χ1n) is 13.7. The first-order valence-corrected chi connectivity index (χ1v) is 14.4. The zero-order chi connectivity index (χ0) is 28.7. The molecule has 41 heavy (non-hydrogen) atoms. The van der Waals surface area contributed by atoms with Gasteiger partial charge in [-0.25, -0.2) is 9.78 Å². The Morgan fingerprint density at radius 1 is 0.902 bits per heavy atom. The van der Waals surface area contributed by atoms with E-state index in [9.17, 15) is 19.2 Å². The number of hydrogen-bond acceptors (Lipinski definition) is 6. The summed E-state index contributed by atoms with van der Waals surface area (Å²) in [6, 6.07) is 21.2. The number of benzene rings is 3. The number of Topliss-reactive ketones (excluding diaryl/α,β-unsaturated/α-hetero) is 1. The summed E-state index contributed by atoms with van der Waals surface area (Å²) >= 11 is 3.46. The van der Waals surface area contributed by atoms with Gasteiger partial charge in [0.25, 0.3) is 0 Å². The summed E-state index contributed by atoms with van der Waals surface area (Å²) in [6.45, 7) is 1.55. The van der Waals surface area contributed by atoms with E-state index >= 15 is 0 Å². The Morgan fingerprint density at radius 2 is 1.56 bits per heavy atom. The molecule has 0 unspecified atom stereocenters. The topological polar surface area (TPSA) is 93.6 Å². The third-order valence-corrected chi connectivity index (χ3v) is 8.45. The molecule has 3 aromatic carbocycles. The summed E-state index contributed by atoms with van der Waals surface area (Å²) in [4.78, 5) is 58.0. The third-order valence-electron chi connectivity index (χ3n) is 7.96. The molecule has 206 valence electrons. The van der Waals surface area contributed by atoms with E-state index in [0.29, 0.717) is 33.4 Å². The van der Waals surface area contributed by atoms with Crippen molar-refractivity contribution in [2.45, 2.75) is 32.6 Å². The van der Waals surface area contributed by atoms with Gasteiger partial charge in [0, 0.05) is 21.0 Å². The van der Waals surface area contributed by atoms with E-state index in [1.807, 2.05) is 25.1 Å². The van der Waals surface area contributed by atoms with Crippen LogP contribution in [0.4, 0.5) is 5.69 Å². The maximum Gasteiger partial charge on any atom is 0.339 e. The van der Waals surface area contributed by atoms with Crippen LogP contribution in [-0.2, 0) is 14.3 Å². The van der Waals surface area contributed by atoms with Gasteiger partial charge in [0.15, 0.2) is 12.4 Å². The lowest BCUT2D eigenvalue weighted by Crippen LogP contribution is -2.30. The maximum absolute atomic E-state index is 13.3. The van der Waals surface area contributed by atoms with Crippen molar-refractivity contribution in [1.82, 2.24) is 4.98 Å². The summed E-state index contributed by atoms with van der Waals surface area (Å²) in [5, 5.41) is 0.586. The molecular formula is C33H27BrN2O5. The summed E-state index contributed by atoms with van der Waals surface area (Å²) < 4.78 is 6.23. The highest BCUT2D eigenvalue weighted by Gasteiger charge is 2.48. The first-order chi connectivity index (χ1) is 19.8. The van der Waals surface area contributed by atoms with Crippen LogP contribution in [0.3, 0.4) is 0 Å². The summed E-state index contributed by atoms with van der Waals surface area (Å²) in [5.41, 5.74) is 4.14. The number of ketones is 1. The maximum atomic E-state index is 13.3. The van der Waals surface area contributed by atoms with Crippen LogP contribution >= 0.6 is 15.9 Å². The summed E-state index contributed by atoms with van der Waals surface area (Å²) in [5.74, 6) is -1.60. The van der Waals surface area contributed by atoms with Gasteiger partial charge in [-0.15, -0.1) is 0 Å². The second kappa shape index (κ2) is 11.0. The van der Waals surface area contributed by atoms with Crippen LogP contribution in [0, 0.1) is 18.8 Å². The molecule has 2 amide bonds. The molecule has 0 bridgehead atoms. The highest BCUT2D eigenvalue weighted by molar-refractivity contribution is 9.10. The summed E-state index contributed by atoms with van der Waals surface area (Å²) in [7, 11) is 0. The first kappa shape index (κ1) is 27.0. The minimum atomic E-state index is -0.635. The van der Waals surface area contributed by atoms with E-state index in [2.05, 4.69) is 15.9 Å². The van der Waals surface area contributed by atoms with E-state index in [4.69, 9.17) is 9.72 Å². The van der Waals surface area contributed by atoms with Crippen molar-refractivity contribution in [1.29, 1.82) is 0 Å². The fraction of sp³-hybridized carbons (Fsp3) is 0.242. The second-order valence-corrected chi connectivity index (χ2v) is 11.6. The van der Waals surface area contributed by atoms with Gasteiger partial charge >= 0.3 is 5.97 Å². The Balaban J connectivity index is 1.28. The molecule has 1 saturated heterocycles. The van der Waals surface area contributed by atoms with Gasteiger partial charge in [-0.3, -0.25) is 19.3 Å². The van der Waals surface area contributed by atoms with Crippen LogP contribution < -0.4 is 4.90 Å². The predicted octanol–water partition coefficient (Wildman–Crippen LogP) is 6.69. The molecule has 2 heterocycles. The molecule has 1 saturated carbocycles. The molecule has 0 N–H and O–H groups in total. The van der Waals surface area contributed by atoms with Gasteiger partial charge in [-0.1, -0.05) is 70.7 Å². The Morgan fingerprint density at radius 3 is 2.22 bits per heavy atom. The number of carbonyl (C=O) groups excluding carboxylic acids is 4. The van der Waals surface area contributed by atoms with Crippen molar-refractivity contribution < 1.29 is 23.9 Å². The molecule has 4 aromatic rings. The number of esters is 1. The van der Waals surface area contributed by atoms with Gasteiger partial charge in [0.05, 0.1) is 34.3 Å². The fourth-order valence-electron chi connectivity index (χ4n) is 5.74. The molecule has 7 nitrogen and oxygen atoms in total. The van der Waals surface area contributed by atoms with Crippen molar-refractivity contribution >= 4 is 56.1 Å². The Bertz CT molecular complexity index is 1670. The van der Waals surface area contributed by atoms with Crippen LogP contribution in [0.2, 0.25) is 0 Å². The van der Waals surface area contributed by atoms with Crippen molar-refractivity contribution in [2.75, 3.05) is 11.5 Å². The molecule has 1 aliphatic heterocycles. The number of anilines is 1. The average Bonchev–Trinajstić information content (AvgIpc) is 3.25. The number of pyridine rings is 1. The van der Waals surface area contributed by atoms with Crippen LogP contribution in [0.15, 0.2) is 77.3 Å². The van der Waals surface area contributed by atoms with Crippen molar-refractivity contribution in [3.8, 4) is 11.3 Å². The quantitative estimate of drug-likeness (QED) is 0.137. The smallest absolute Gasteiger partial charge is 0.339 e. The number of imide groups is 1. The van der Waals surface area contributed by atoms with E-state index in [1.165, 1.54) is 4.90 Å². The van der Waals surface area contributed by atoms with Crippen molar-refractivity contribution in [3.63, 3.8) is 0 Å². The number of hydrogen-bond donors (Lipinski definition) is 0. The number of nitrogens with zero attached hydrogens (tertiary/aromatic N) is 2. The number of aromatic nitrogens is 1. The lowest BCUT2D eigenvalue weighted by molar-refractivity contribution is -0.122. The molecule has 6 rings (SSSR count). The number of amides is 2. The average molecular weight is 611 g/mol. The van der Waals surface area contributed by atoms with Gasteiger partial charge in [-0.05, 0) is 56.2 Å². The number of ether oxygens (including phenoxy) is 1. The minimum Gasteiger partial charge on any atom is -0.454 e. The van der Waals surface area contributed by atoms with Crippen LogP contribution in [0.1, 0.15) is 52.0 Å². The van der Waals surface area contributed by atoms with Gasteiger partial charge in [0.1, 0.15) is 0 Å². The monoisotopic (exact) mass is 610 g/mol. The second-order valence-electron chi connectivity index (χ2n) is 10.6. The van der Waals surface area contributed by atoms with Gasteiger partial charge in [0.2, 0.25) is 11.8 Å². The fourth-order valence-corrected chi connectivity index (χ4v) is 6.11. The molecule has 1 aromatic heterocycles. The molecular weight excluding hydrogens is 584 g/mol. The number of fused-ring (bicyclic) bond motifs is 2. The largest absolute Gasteiger partial charge is 0.454 e. The van der Waals surface area contributed by atoms with Crippen LogP contribution in [-0.4, -0.2) is 35.2 Å². The highest BCUT2D eigenvalue weighted by atomic mass is 79.9. The lowest BCUT2D eigenvalue weighted by Gasteiger charge is -2.19. The zero-order valence-corrected chi connectivity index (χ0v) is 24.0. The van der Waals surface area contributed by atoms with E-state index < -0.39 is 5.97 Å². The normalized spacial score (nSPS) is 18.4. The molecule has 8 heteroatoms. The number of aryl methyl sites for hydroxylation is 1. The van der Waals surface area contributed by atoms with E-state index in [0.717, 1.165) is 35.7 Å². The Labute approximate surface area is 245 Å². The predicted molar refractivity (Wildman–Crippen MR) is 159 cm³/mol. The summed E-state index contributed by atoms with van der Waals surface area (Å²) in [6.07, 6.45) is 3.47. The van der Waals surface area contributed by atoms with E-state index in [1.54, 1.807) is 54.6 Å². The zero-order valence-electron chi connectivity index (χ0n) is 22.4. The number of carbonyl (C=O) groups is 4. The number of halogens is 1. The molecule has 1 aliphatic carbocycles. The molecule has 0 spiro atoms. The van der Waals surface area contributed by atoms with Gasteiger partial charge in [-0.2, -0.15) is 0 Å².